The number of carbonyl (C=O) groups is 1. The number of likely N-dealkylation sites (tertiary alicyclic amines) is 1. The zero-order chi connectivity index (χ0) is 25.3. The molecular formula is C27H38N6O3. The van der Waals surface area contributed by atoms with Crippen molar-refractivity contribution in [2.24, 2.45) is 5.41 Å². The molecule has 1 spiro atoms. The van der Waals surface area contributed by atoms with Gasteiger partial charge in [-0.3, -0.25) is 9.36 Å². The third kappa shape index (κ3) is 4.50. The molecule has 2 amide bonds. The van der Waals surface area contributed by atoms with Gasteiger partial charge in [-0.1, -0.05) is 43.2 Å². The number of hydrogen-bond donors (Lipinski definition) is 2. The summed E-state index contributed by atoms with van der Waals surface area (Å²) in [6.07, 6.45) is 5.75. The quantitative estimate of drug-likeness (QED) is 0.676. The van der Waals surface area contributed by atoms with Crippen LogP contribution in [0, 0.1) is 5.41 Å². The lowest BCUT2D eigenvalue weighted by atomic mass is 9.66. The number of urea groups is 1. The topological polar surface area (TPSA) is 93.9 Å². The molecule has 3 aliphatic rings. The first-order valence-electron chi connectivity index (χ1n) is 13.1. The Morgan fingerprint density at radius 1 is 1.17 bits per heavy atom. The van der Waals surface area contributed by atoms with Crippen molar-refractivity contribution in [3.63, 3.8) is 0 Å². The minimum atomic E-state index is -1.06. The van der Waals surface area contributed by atoms with Crippen molar-refractivity contribution >= 4 is 11.8 Å². The van der Waals surface area contributed by atoms with Gasteiger partial charge in [-0.25, -0.2) is 9.78 Å². The molecule has 1 aliphatic carbocycles. The summed E-state index contributed by atoms with van der Waals surface area (Å²) in [7, 11) is 3.70. The second kappa shape index (κ2) is 9.86. The molecule has 1 aromatic heterocycles. The fraction of sp³-hybridized carbons (Fsp3) is 0.593. The van der Waals surface area contributed by atoms with Crippen LogP contribution in [0.25, 0.3) is 0 Å². The summed E-state index contributed by atoms with van der Waals surface area (Å²) in [6.45, 7) is 3.36. The van der Waals surface area contributed by atoms with Crippen molar-refractivity contribution in [3.8, 4) is 0 Å². The highest BCUT2D eigenvalue weighted by atomic mass is 16.3. The molecule has 5 rings (SSSR count). The molecule has 2 atom stereocenters. The molecule has 2 aromatic rings. The number of hydrogen-bond acceptors (Lipinski definition) is 6. The fourth-order valence-corrected chi connectivity index (χ4v) is 6.41. The Morgan fingerprint density at radius 3 is 2.61 bits per heavy atom. The van der Waals surface area contributed by atoms with E-state index in [-0.39, 0.29) is 24.2 Å². The van der Waals surface area contributed by atoms with Crippen LogP contribution in [0.5, 0.6) is 0 Å². The number of amides is 2. The number of aliphatic hydroxyl groups is 1. The van der Waals surface area contributed by atoms with E-state index in [1.165, 1.54) is 10.6 Å². The van der Waals surface area contributed by atoms with Crippen LogP contribution in [0.3, 0.4) is 0 Å². The molecule has 3 heterocycles. The summed E-state index contributed by atoms with van der Waals surface area (Å²) in [4.78, 5) is 36.8. The fourth-order valence-electron chi connectivity index (χ4n) is 6.41. The summed E-state index contributed by atoms with van der Waals surface area (Å²) in [5.74, 6) is 0.600. The van der Waals surface area contributed by atoms with Gasteiger partial charge in [0.05, 0.1) is 24.5 Å². The highest BCUT2D eigenvalue weighted by molar-refractivity contribution is 5.75. The van der Waals surface area contributed by atoms with Crippen molar-refractivity contribution in [1.82, 2.24) is 24.7 Å². The number of piperazine rings is 1. The Kier molecular flexibility index (Phi) is 6.78. The zero-order valence-electron chi connectivity index (χ0n) is 21.4. The van der Waals surface area contributed by atoms with Gasteiger partial charge in [0, 0.05) is 58.3 Å². The number of nitrogens with zero attached hydrogens (tertiary/aromatic N) is 5. The SMILES string of the molecule is CN(C)c1cc(=O)n(C[C@]2(O)CCN(C(=O)N3CCNC[C@H]3c3ccccc3)CC23CCCC3)cn1. The van der Waals surface area contributed by atoms with Gasteiger partial charge in [0.15, 0.2) is 0 Å². The molecular weight excluding hydrogens is 456 g/mol. The number of nitrogens with one attached hydrogen (secondary N) is 1. The maximum absolute atomic E-state index is 13.9. The Labute approximate surface area is 212 Å². The maximum atomic E-state index is 13.9. The lowest BCUT2D eigenvalue weighted by Gasteiger charge is -2.53. The molecule has 1 saturated carbocycles. The smallest absolute Gasteiger partial charge is 0.320 e. The minimum Gasteiger partial charge on any atom is -0.387 e. The van der Waals surface area contributed by atoms with Crippen LogP contribution >= 0.6 is 0 Å². The first kappa shape index (κ1) is 24.8. The van der Waals surface area contributed by atoms with Crippen molar-refractivity contribution in [3.05, 3.63) is 58.6 Å². The molecule has 194 valence electrons. The first-order valence-corrected chi connectivity index (χ1v) is 13.1. The molecule has 1 aromatic carbocycles. The Hall–Kier alpha value is -2.91. The monoisotopic (exact) mass is 494 g/mol. The number of benzene rings is 1. The van der Waals surface area contributed by atoms with E-state index in [0.717, 1.165) is 44.3 Å². The van der Waals surface area contributed by atoms with Crippen LogP contribution < -0.4 is 15.8 Å². The summed E-state index contributed by atoms with van der Waals surface area (Å²) >= 11 is 0. The van der Waals surface area contributed by atoms with E-state index >= 15 is 0 Å². The van der Waals surface area contributed by atoms with E-state index in [0.29, 0.717) is 31.9 Å². The predicted molar refractivity (Wildman–Crippen MR) is 139 cm³/mol. The minimum absolute atomic E-state index is 0.00680. The number of aromatic nitrogens is 2. The van der Waals surface area contributed by atoms with Gasteiger partial charge in [-0.2, -0.15) is 0 Å². The van der Waals surface area contributed by atoms with Gasteiger partial charge >= 0.3 is 6.03 Å². The van der Waals surface area contributed by atoms with Crippen molar-refractivity contribution in [2.75, 3.05) is 51.7 Å². The van der Waals surface area contributed by atoms with Gasteiger partial charge < -0.3 is 25.1 Å². The van der Waals surface area contributed by atoms with E-state index < -0.39 is 11.0 Å². The lowest BCUT2D eigenvalue weighted by Crippen LogP contribution is -2.64. The van der Waals surface area contributed by atoms with Crippen molar-refractivity contribution in [2.45, 2.75) is 50.3 Å². The molecule has 9 heteroatoms. The lowest BCUT2D eigenvalue weighted by molar-refractivity contribution is -0.137. The van der Waals surface area contributed by atoms with Crippen LogP contribution in [0.15, 0.2) is 47.5 Å². The standard InChI is InChI=1S/C27H38N6O3/c1-30(2)23-16-24(34)32(20-29-23)19-27(36)12-14-31(18-26(27)10-6-7-11-26)25(35)33-15-13-28-17-22(33)21-8-4-3-5-9-21/h3-5,8-9,16,20,22,28,36H,6-7,10-15,17-19H2,1-2H3/t22-,27+/m0/s1. The Morgan fingerprint density at radius 2 is 1.92 bits per heavy atom. The number of piperidine rings is 1. The second-order valence-corrected chi connectivity index (χ2v) is 10.9. The molecule has 2 N–H and O–H groups in total. The van der Waals surface area contributed by atoms with E-state index in [2.05, 4.69) is 22.4 Å². The second-order valence-electron chi connectivity index (χ2n) is 10.9. The van der Waals surface area contributed by atoms with E-state index in [9.17, 15) is 14.7 Å². The molecule has 0 bridgehead atoms. The average Bonchev–Trinajstić information content (AvgIpc) is 3.37. The predicted octanol–water partition coefficient (Wildman–Crippen LogP) is 2.07. The first-order chi connectivity index (χ1) is 17.3. The number of carbonyl (C=O) groups excluding carboxylic acids is 1. The largest absolute Gasteiger partial charge is 0.387 e. The van der Waals surface area contributed by atoms with E-state index in [4.69, 9.17) is 0 Å². The molecule has 36 heavy (non-hydrogen) atoms. The number of rotatable bonds is 4. The van der Waals surface area contributed by atoms with Crippen LogP contribution in [0.2, 0.25) is 0 Å². The average molecular weight is 495 g/mol. The van der Waals surface area contributed by atoms with Gasteiger partial charge in [-0.15, -0.1) is 0 Å². The molecule has 0 unspecified atom stereocenters. The van der Waals surface area contributed by atoms with E-state index in [1.807, 2.05) is 42.1 Å². The van der Waals surface area contributed by atoms with Crippen LogP contribution in [0.4, 0.5) is 10.6 Å². The third-order valence-electron chi connectivity index (χ3n) is 8.54. The highest BCUT2D eigenvalue weighted by Gasteiger charge is 2.56. The Bertz CT molecular complexity index is 1130. The van der Waals surface area contributed by atoms with Gasteiger partial charge in [0.25, 0.3) is 5.56 Å². The normalized spacial score (nSPS) is 25.8. The number of anilines is 1. The van der Waals surface area contributed by atoms with Gasteiger partial charge in [-0.05, 0) is 24.8 Å². The Balaban J connectivity index is 1.37. The van der Waals surface area contributed by atoms with E-state index in [1.54, 1.807) is 11.2 Å². The van der Waals surface area contributed by atoms with Crippen molar-refractivity contribution < 1.29 is 9.90 Å². The van der Waals surface area contributed by atoms with Crippen LogP contribution in [-0.2, 0) is 6.54 Å². The highest BCUT2D eigenvalue weighted by Crippen LogP contribution is 2.51. The third-order valence-corrected chi connectivity index (χ3v) is 8.54. The molecule has 0 radical (unpaired) electrons. The summed E-state index contributed by atoms with van der Waals surface area (Å²) in [5, 5.41) is 15.5. The summed E-state index contributed by atoms with van der Waals surface area (Å²) in [5.41, 5.74) is -0.514. The molecule has 3 fully saturated rings. The van der Waals surface area contributed by atoms with Gasteiger partial charge in [0.1, 0.15) is 5.82 Å². The molecule has 2 aliphatic heterocycles. The zero-order valence-corrected chi connectivity index (χ0v) is 21.4. The summed E-state index contributed by atoms with van der Waals surface area (Å²) in [6, 6.07) is 11.7. The maximum Gasteiger partial charge on any atom is 0.320 e. The van der Waals surface area contributed by atoms with Gasteiger partial charge in [0.2, 0.25) is 0 Å². The summed E-state index contributed by atoms with van der Waals surface area (Å²) < 4.78 is 1.53. The van der Waals surface area contributed by atoms with Crippen molar-refractivity contribution in [1.29, 1.82) is 0 Å². The molecule has 2 saturated heterocycles. The molecule has 9 nitrogen and oxygen atoms in total. The van der Waals surface area contributed by atoms with Crippen LogP contribution in [0.1, 0.15) is 43.7 Å². The van der Waals surface area contributed by atoms with Crippen LogP contribution in [-0.4, -0.2) is 82.9 Å².